The number of rotatable bonds is 4. The molecule has 18 heavy (non-hydrogen) atoms. The summed E-state index contributed by atoms with van der Waals surface area (Å²) in [6.07, 6.45) is 0. The van der Waals surface area contributed by atoms with E-state index in [0.717, 1.165) is 4.90 Å². The van der Waals surface area contributed by atoms with E-state index in [1.165, 1.54) is 11.8 Å². The minimum atomic E-state index is -0.324. The summed E-state index contributed by atoms with van der Waals surface area (Å²) in [4.78, 5) is 12.6. The van der Waals surface area contributed by atoms with Gasteiger partial charge in [0.25, 0.3) is 0 Å². The van der Waals surface area contributed by atoms with Crippen molar-refractivity contribution in [1.29, 1.82) is 0 Å². The molecule has 0 unspecified atom stereocenters. The van der Waals surface area contributed by atoms with Crippen LogP contribution >= 0.6 is 23.4 Å². The van der Waals surface area contributed by atoms with E-state index in [0.29, 0.717) is 10.6 Å². The van der Waals surface area contributed by atoms with Crippen LogP contribution in [0.2, 0.25) is 5.02 Å². The average molecular weight is 279 g/mol. The van der Waals surface area contributed by atoms with Crippen molar-refractivity contribution in [3.05, 3.63) is 65.2 Å². The van der Waals surface area contributed by atoms with Gasteiger partial charge in [-0.3, -0.25) is 0 Å². The second-order valence-corrected chi connectivity index (χ2v) is 4.86. The zero-order valence-electron chi connectivity index (χ0n) is 9.51. The van der Waals surface area contributed by atoms with Crippen LogP contribution in [0.25, 0.3) is 0 Å². The Kier molecular flexibility index (Phi) is 4.67. The van der Waals surface area contributed by atoms with Gasteiger partial charge < -0.3 is 4.74 Å². The molecule has 2 rings (SSSR count). The van der Waals surface area contributed by atoms with Gasteiger partial charge in [-0.05, 0) is 24.3 Å². The number of carbonyl (C=O) groups excluding carboxylic acids is 1. The lowest BCUT2D eigenvalue weighted by Crippen LogP contribution is -2.04. The molecule has 0 amide bonds. The Morgan fingerprint density at radius 3 is 2.44 bits per heavy atom. The first-order valence-corrected chi connectivity index (χ1v) is 6.73. The maximum atomic E-state index is 11.7. The Labute approximate surface area is 115 Å². The summed E-state index contributed by atoms with van der Waals surface area (Å²) in [5.41, 5.74) is 0.553. The van der Waals surface area contributed by atoms with Gasteiger partial charge in [-0.15, -0.1) is 0 Å². The van der Waals surface area contributed by atoms with Gasteiger partial charge >= 0.3 is 5.97 Å². The number of ether oxygens (including phenoxy) is 1. The Morgan fingerprint density at radius 2 is 1.72 bits per heavy atom. The number of hydrogen-bond donors (Lipinski definition) is 0. The van der Waals surface area contributed by atoms with E-state index >= 15 is 0 Å². The molecular formula is C14H11ClO2S. The maximum absolute atomic E-state index is 11.7. The first-order valence-electron chi connectivity index (χ1n) is 5.37. The molecule has 4 heteroatoms. The van der Waals surface area contributed by atoms with Crippen LogP contribution in [0, 0.1) is 0 Å². The van der Waals surface area contributed by atoms with Gasteiger partial charge in [-0.1, -0.05) is 53.7 Å². The minimum Gasteiger partial charge on any atom is -0.451 e. The van der Waals surface area contributed by atoms with Crippen molar-refractivity contribution in [3.8, 4) is 0 Å². The highest BCUT2D eigenvalue weighted by atomic mass is 35.5. The highest BCUT2D eigenvalue weighted by molar-refractivity contribution is 7.99. The molecule has 0 saturated heterocycles. The lowest BCUT2D eigenvalue weighted by molar-refractivity contribution is 0.0579. The Balaban J connectivity index is 1.86. The normalized spacial score (nSPS) is 10.1. The molecule has 0 atom stereocenters. The zero-order valence-corrected chi connectivity index (χ0v) is 11.1. The van der Waals surface area contributed by atoms with Gasteiger partial charge in [0.1, 0.15) is 5.94 Å². The fraction of sp³-hybridized carbons (Fsp3) is 0.0714. The molecule has 0 saturated carbocycles. The molecule has 0 aromatic heterocycles. The van der Waals surface area contributed by atoms with E-state index < -0.39 is 0 Å². The van der Waals surface area contributed by atoms with E-state index in [1.54, 1.807) is 24.3 Å². The number of halogens is 1. The van der Waals surface area contributed by atoms with E-state index in [4.69, 9.17) is 16.3 Å². The van der Waals surface area contributed by atoms with Crippen LogP contribution in [-0.2, 0) is 4.74 Å². The summed E-state index contributed by atoms with van der Waals surface area (Å²) in [7, 11) is 0. The van der Waals surface area contributed by atoms with E-state index in [9.17, 15) is 4.79 Å². The third-order valence-electron chi connectivity index (χ3n) is 2.25. The van der Waals surface area contributed by atoms with Crippen molar-refractivity contribution in [3.63, 3.8) is 0 Å². The first kappa shape index (κ1) is 13.0. The summed E-state index contributed by atoms with van der Waals surface area (Å²) >= 11 is 7.39. The monoisotopic (exact) mass is 278 g/mol. The molecule has 0 N–H and O–H groups in total. The van der Waals surface area contributed by atoms with Crippen molar-refractivity contribution >= 4 is 29.3 Å². The lowest BCUT2D eigenvalue weighted by Gasteiger charge is -2.05. The summed E-state index contributed by atoms with van der Waals surface area (Å²) in [5, 5.41) is 0.665. The molecule has 2 aromatic carbocycles. The number of benzene rings is 2. The molecule has 0 radical (unpaired) electrons. The molecule has 0 heterocycles. The van der Waals surface area contributed by atoms with E-state index in [2.05, 4.69) is 0 Å². The second-order valence-electron chi connectivity index (χ2n) is 3.49. The van der Waals surface area contributed by atoms with Gasteiger partial charge in [0.15, 0.2) is 0 Å². The largest absolute Gasteiger partial charge is 0.451 e. The predicted molar refractivity (Wildman–Crippen MR) is 74.0 cm³/mol. The molecule has 0 bridgehead atoms. The SMILES string of the molecule is O=C(OCSc1ccccc1Cl)c1ccccc1. The number of esters is 1. The smallest absolute Gasteiger partial charge is 0.338 e. The van der Waals surface area contributed by atoms with Crippen molar-refractivity contribution in [2.24, 2.45) is 0 Å². The molecule has 0 aliphatic heterocycles. The molecule has 0 aliphatic rings. The summed E-state index contributed by atoms with van der Waals surface area (Å²) in [6, 6.07) is 16.4. The van der Waals surface area contributed by atoms with Crippen LogP contribution in [0.5, 0.6) is 0 Å². The predicted octanol–water partition coefficient (Wildman–Crippen LogP) is 4.25. The number of thioether (sulfide) groups is 1. The van der Waals surface area contributed by atoms with Gasteiger partial charge in [-0.2, -0.15) is 0 Å². The molecule has 92 valence electrons. The highest BCUT2D eigenvalue weighted by Crippen LogP contribution is 2.26. The lowest BCUT2D eigenvalue weighted by atomic mass is 10.2. The zero-order chi connectivity index (χ0) is 12.8. The molecular weight excluding hydrogens is 268 g/mol. The molecule has 2 aromatic rings. The Hall–Kier alpha value is -1.45. The van der Waals surface area contributed by atoms with E-state index in [1.807, 2.05) is 30.3 Å². The minimum absolute atomic E-state index is 0.247. The maximum Gasteiger partial charge on any atom is 0.338 e. The highest BCUT2D eigenvalue weighted by Gasteiger charge is 2.06. The van der Waals surface area contributed by atoms with Crippen molar-refractivity contribution in [2.45, 2.75) is 4.90 Å². The average Bonchev–Trinajstić information content (AvgIpc) is 2.42. The van der Waals surface area contributed by atoms with Crippen molar-refractivity contribution < 1.29 is 9.53 Å². The summed E-state index contributed by atoms with van der Waals surface area (Å²) in [5.74, 6) is -0.0765. The quantitative estimate of drug-likeness (QED) is 0.475. The van der Waals surface area contributed by atoms with Crippen LogP contribution in [0.15, 0.2) is 59.5 Å². The fourth-order valence-electron chi connectivity index (χ4n) is 1.37. The van der Waals surface area contributed by atoms with Gasteiger partial charge in [0.05, 0.1) is 10.6 Å². The van der Waals surface area contributed by atoms with Gasteiger partial charge in [0.2, 0.25) is 0 Å². The van der Waals surface area contributed by atoms with Crippen molar-refractivity contribution in [2.75, 3.05) is 5.94 Å². The molecule has 0 fully saturated rings. The van der Waals surface area contributed by atoms with Crippen LogP contribution in [0.3, 0.4) is 0 Å². The second kappa shape index (κ2) is 6.47. The molecule has 0 aliphatic carbocycles. The standard InChI is InChI=1S/C14H11ClO2S/c15-12-8-4-5-9-13(12)18-10-17-14(16)11-6-2-1-3-7-11/h1-9H,10H2. The summed E-state index contributed by atoms with van der Waals surface area (Å²) < 4.78 is 5.15. The van der Waals surface area contributed by atoms with Crippen molar-refractivity contribution in [1.82, 2.24) is 0 Å². The Bertz CT molecular complexity index is 528. The van der Waals surface area contributed by atoms with Gasteiger partial charge in [0, 0.05) is 4.90 Å². The van der Waals surface area contributed by atoms with E-state index in [-0.39, 0.29) is 11.9 Å². The van der Waals surface area contributed by atoms with Gasteiger partial charge in [-0.25, -0.2) is 4.79 Å². The fourth-order valence-corrected chi connectivity index (χ4v) is 2.34. The van der Waals surface area contributed by atoms with Crippen LogP contribution < -0.4 is 0 Å². The third kappa shape index (κ3) is 3.52. The van der Waals surface area contributed by atoms with Crippen LogP contribution in [0.4, 0.5) is 0 Å². The molecule has 0 spiro atoms. The van der Waals surface area contributed by atoms with Crippen LogP contribution in [-0.4, -0.2) is 11.9 Å². The molecule has 2 nitrogen and oxygen atoms in total. The first-order chi connectivity index (χ1) is 8.77. The topological polar surface area (TPSA) is 26.3 Å². The number of carbonyl (C=O) groups is 1. The number of hydrogen-bond acceptors (Lipinski definition) is 3. The summed E-state index contributed by atoms with van der Waals surface area (Å²) in [6.45, 7) is 0. The third-order valence-corrected chi connectivity index (χ3v) is 3.59. The Morgan fingerprint density at radius 1 is 1.06 bits per heavy atom. The van der Waals surface area contributed by atoms with Crippen LogP contribution in [0.1, 0.15) is 10.4 Å².